The Hall–Kier alpha value is -1.82. The largest absolute Gasteiger partial charge is 0.493 e. The van der Waals surface area contributed by atoms with E-state index in [1.165, 1.54) is 6.07 Å². The molecule has 3 N–H and O–H groups in total. The molecule has 6 heteroatoms. The molecule has 1 fully saturated rings. The van der Waals surface area contributed by atoms with Crippen molar-refractivity contribution in [3.05, 3.63) is 17.9 Å². The minimum absolute atomic E-state index is 0.179. The molecule has 1 atom stereocenters. The van der Waals surface area contributed by atoms with E-state index in [2.05, 4.69) is 22.0 Å². The number of hydrogen-bond acceptors (Lipinski definition) is 4. The molecule has 20 heavy (non-hydrogen) atoms. The van der Waals surface area contributed by atoms with E-state index < -0.39 is 5.82 Å². The lowest BCUT2D eigenvalue weighted by Gasteiger charge is -2.14. The lowest BCUT2D eigenvalue weighted by molar-refractivity contribution is 0.243. The van der Waals surface area contributed by atoms with Gasteiger partial charge in [-0.05, 0) is 19.5 Å². The molecule has 3 rings (SSSR count). The van der Waals surface area contributed by atoms with Gasteiger partial charge in [0.2, 0.25) is 0 Å². The maximum absolute atomic E-state index is 13.9. The highest BCUT2D eigenvalue weighted by Gasteiger charge is 2.21. The number of H-pyrrole nitrogens is 1. The van der Waals surface area contributed by atoms with Gasteiger partial charge in [-0.2, -0.15) is 5.10 Å². The van der Waals surface area contributed by atoms with Crippen molar-refractivity contribution in [1.29, 1.82) is 0 Å². The second kappa shape index (κ2) is 5.28. The smallest absolute Gasteiger partial charge is 0.156 e. The summed E-state index contributed by atoms with van der Waals surface area (Å²) in [7, 11) is 0. The first kappa shape index (κ1) is 13.2. The lowest BCUT2D eigenvalue weighted by atomic mass is 10.1. The molecule has 5 nitrogen and oxygen atoms in total. The van der Waals surface area contributed by atoms with Crippen LogP contribution in [0.3, 0.4) is 0 Å². The highest BCUT2D eigenvalue weighted by atomic mass is 19.1. The van der Waals surface area contributed by atoms with Crippen LogP contribution >= 0.6 is 0 Å². The zero-order valence-electron chi connectivity index (χ0n) is 11.5. The van der Waals surface area contributed by atoms with Gasteiger partial charge in [0, 0.05) is 24.6 Å². The van der Waals surface area contributed by atoms with Crippen LogP contribution in [-0.4, -0.2) is 41.3 Å². The Balaban J connectivity index is 1.69. The van der Waals surface area contributed by atoms with Gasteiger partial charge in [-0.25, -0.2) is 4.39 Å². The monoisotopic (exact) mass is 278 g/mol. The molecule has 0 unspecified atom stereocenters. The molecule has 0 radical (unpaired) electrons. The summed E-state index contributed by atoms with van der Waals surface area (Å²) in [4.78, 5) is 2.40. The predicted octanol–water partition coefficient (Wildman–Crippen LogP) is 2.00. The van der Waals surface area contributed by atoms with Crippen LogP contribution in [0, 0.1) is 11.7 Å². The summed E-state index contributed by atoms with van der Waals surface area (Å²) in [6.45, 7) is 6.03. The highest BCUT2D eigenvalue weighted by Crippen LogP contribution is 2.27. The maximum atomic E-state index is 13.9. The van der Waals surface area contributed by atoms with E-state index in [1.54, 1.807) is 6.07 Å². The molecule has 2 aromatic rings. The first-order valence-corrected chi connectivity index (χ1v) is 6.95. The fourth-order valence-electron chi connectivity index (χ4n) is 2.74. The molecule has 0 bridgehead atoms. The van der Waals surface area contributed by atoms with Crippen molar-refractivity contribution >= 4 is 16.7 Å². The van der Waals surface area contributed by atoms with E-state index in [9.17, 15) is 4.39 Å². The first-order valence-electron chi connectivity index (χ1n) is 6.95. The Bertz CT molecular complexity index is 612. The zero-order valence-corrected chi connectivity index (χ0v) is 11.5. The third-order valence-corrected chi connectivity index (χ3v) is 3.92. The summed E-state index contributed by atoms with van der Waals surface area (Å²) in [5.41, 5.74) is 6.17. The Labute approximate surface area is 116 Å². The molecule has 2 heterocycles. The zero-order chi connectivity index (χ0) is 14.1. The van der Waals surface area contributed by atoms with Gasteiger partial charge in [0.1, 0.15) is 11.6 Å². The molecule has 1 aliphatic heterocycles. The van der Waals surface area contributed by atoms with Crippen molar-refractivity contribution < 1.29 is 9.13 Å². The van der Waals surface area contributed by atoms with E-state index in [4.69, 9.17) is 10.5 Å². The van der Waals surface area contributed by atoms with Crippen LogP contribution in [0.2, 0.25) is 0 Å². The molecule has 1 saturated heterocycles. The molecular formula is C14H19FN4O. The Morgan fingerprint density at radius 2 is 2.40 bits per heavy atom. The van der Waals surface area contributed by atoms with Crippen LogP contribution in [0.5, 0.6) is 5.75 Å². The quantitative estimate of drug-likeness (QED) is 0.897. The second-order valence-electron chi connectivity index (χ2n) is 5.30. The summed E-state index contributed by atoms with van der Waals surface area (Å²) in [6.07, 6.45) is 1.13. The fourth-order valence-corrected chi connectivity index (χ4v) is 2.74. The maximum Gasteiger partial charge on any atom is 0.156 e. The average Bonchev–Trinajstić information content (AvgIpc) is 3.03. The van der Waals surface area contributed by atoms with Crippen molar-refractivity contribution in [3.63, 3.8) is 0 Å². The molecule has 108 valence electrons. The number of benzene rings is 1. The number of aromatic nitrogens is 2. The number of halogens is 1. The fraction of sp³-hybridized carbons (Fsp3) is 0.500. The van der Waals surface area contributed by atoms with Gasteiger partial charge < -0.3 is 15.4 Å². The minimum atomic E-state index is -0.398. The number of aromatic amines is 1. The molecule has 0 amide bonds. The number of hydrogen-bond donors (Lipinski definition) is 2. The van der Waals surface area contributed by atoms with Crippen molar-refractivity contribution in [1.82, 2.24) is 15.1 Å². The second-order valence-corrected chi connectivity index (χ2v) is 5.30. The van der Waals surface area contributed by atoms with Crippen LogP contribution < -0.4 is 10.5 Å². The molecular weight excluding hydrogens is 259 g/mol. The van der Waals surface area contributed by atoms with Crippen LogP contribution in [0.25, 0.3) is 10.9 Å². The number of ether oxygens (including phenoxy) is 1. The van der Waals surface area contributed by atoms with Gasteiger partial charge in [0.05, 0.1) is 17.5 Å². The Morgan fingerprint density at radius 3 is 3.15 bits per heavy atom. The molecule has 0 saturated carbocycles. The normalized spacial score (nSPS) is 19.8. The summed E-state index contributed by atoms with van der Waals surface area (Å²) in [5.74, 6) is 0.818. The number of fused-ring (bicyclic) bond motifs is 1. The van der Waals surface area contributed by atoms with Crippen molar-refractivity contribution in [2.45, 2.75) is 13.3 Å². The molecule has 0 spiro atoms. The molecule has 0 aliphatic carbocycles. The van der Waals surface area contributed by atoms with Crippen LogP contribution in [0.15, 0.2) is 12.1 Å². The summed E-state index contributed by atoms with van der Waals surface area (Å²) in [5, 5.41) is 6.85. The molecule has 1 aromatic heterocycles. The average molecular weight is 278 g/mol. The SMILES string of the molecule is CCN1CC[C@@H](COc2cc(F)c3c(N)n[nH]c3c2)C1. The van der Waals surface area contributed by atoms with Crippen LogP contribution in [-0.2, 0) is 0 Å². The number of nitrogen functional groups attached to an aromatic ring is 1. The Kier molecular flexibility index (Phi) is 3.48. The van der Waals surface area contributed by atoms with Crippen molar-refractivity contribution in [3.8, 4) is 5.75 Å². The first-order chi connectivity index (χ1) is 9.67. The number of nitrogens with one attached hydrogen (secondary N) is 1. The van der Waals surface area contributed by atoms with Gasteiger partial charge in [-0.1, -0.05) is 6.92 Å². The highest BCUT2D eigenvalue weighted by molar-refractivity contribution is 5.90. The van der Waals surface area contributed by atoms with E-state index >= 15 is 0 Å². The lowest BCUT2D eigenvalue weighted by Crippen LogP contribution is -2.21. The van der Waals surface area contributed by atoms with Gasteiger partial charge in [-0.15, -0.1) is 0 Å². The van der Waals surface area contributed by atoms with Crippen molar-refractivity contribution in [2.75, 3.05) is 32.0 Å². The van der Waals surface area contributed by atoms with E-state index in [-0.39, 0.29) is 5.82 Å². The summed E-state index contributed by atoms with van der Waals surface area (Å²) in [6, 6.07) is 3.12. The van der Waals surface area contributed by atoms with Crippen LogP contribution in [0.4, 0.5) is 10.2 Å². The number of anilines is 1. The number of likely N-dealkylation sites (tertiary alicyclic amines) is 1. The third-order valence-electron chi connectivity index (χ3n) is 3.92. The standard InChI is InChI=1S/C14H19FN4O/c1-2-19-4-3-9(7-19)8-20-10-5-11(15)13-12(6-10)17-18-14(13)16/h5-6,9H,2-4,7-8H2,1H3,(H3,16,17,18)/t9-/m1/s1. The molecule has 1 aromatic carbocycles. The summed E-state index contributed by atoms with van der Waals surface area (Å²) < 4.78 is 19.7. The Morgan fingerprint density at radius 1 is 1.55 bits per heavy atom. The van der Waals surface area contributed by atoms with Gasteiger partial charge >= 0.3 is 0 Å². The van der Waals surface area contributed by atoms with Gasteiger partial charge in [0.25, 0.3) is 0 Å². The van der Waals surface area contributed by atoms with Crippen molar-refractivity contribution in [2.24, 2.45) is 5.92 Å². The number of nitrogens with two attached hydrogens (primary N) is 1. The van der Waals surface area contributed by atoms with E-state index in [0.29, 0.717) is 29.2 Å². The van der Waals surface area contributed by atoms with Crippen LogP contribution in [0.1, 0.15) is 13.3 Å². The van der Waals surface area contributed by atoms with E-state index in [0.717, 1.165) is 26.1 Å². The van der Waals surface area contributed by atoms with Gasteiger partial charge in [0.15, 0.2) is 5.82 Å². The minimum Gasteiger partial charge on any atom is -0.493 e. The number of nitrogens with zero attached hydrogens (tertiary/aromatic N) is 2. The molecule has 1 aliphatic rings. The summed E-state index contributed by atoms with van der Waals surface area (Å²) >= 11 is 0. The van der Waals surface area contributed by atoms with E-state index in [1.807, 2.05) is 0 Å². The topological polar surface area (TPSA) is 67.2 Å². The van der Waals surface area contributed by atoms with Gasteiger partial charge in [-0.3, -0.25) is 5.10 Å². The predicted molar refractivity (Wildman–Crippen MR) is 76.2 cm³/mol. The third kappa shape index (κ3) is 2.43. The number of rotatable bonds is 4.